The highest BCUT2D eigenvalue weighted by Gasteiger charge is 2.53. The lowest BCUT2D eigenvalue weighted by Crippen LogP contribution is -2.36. The van der Waals surface area contributed by atoms with Crippen molar-refractivity contribution in [2.45, 2.75) is 31.8 Å². The van der Waals surface area contributed by atoms with Crippen molar-refractivity contribution < 1.29 is 5.11 Å². The molecule has 0 aromatic heterocycles. The van der Waals surface area contributed by atoms with Gasteiger partial charge in [-0.05, 0) is 31.1 Å². The number of nitrogens with zero attached hydrogens (tertiary/aromatic N) is 1. The molecule has 0 radical (unpaired) electrons. The molecule has 0 aliphatic heterocycles. The van der Waals surface area contributed by atoms with Crippen molar-refractivity contribution in [3.05, 3.63) is 0 Å². The van der Waals surface area contributed by atoms with Gasteiger partial charge in [0.1, 0.15) is 0 Å². The smallest absolute Gasteiger partial charge is 0.154 e. The Morgan fingerprint density at radius 3 is 2.64 bits per heavy atom. The van der Waals surface area contributed by atoms with E-state index in [1.54, 1.807) is 0 Å². The molecule has 2 bridgehead atoms. The van der Waals surface area contributed by atoms with E-state index >= 15 is 0 Å². The van der Waals surface area contributed by atoms with Gasteiger partial charge in [-0.2, -0.15) is 5.26 Å². The first-order valence-electron chi connectivity index (χ1n) is 4.29. The molecule has 2 heteroatoms. The van der Waals surface area contributed by atoms with Gasteiger partial charge >= 0.3 is 0 Å². The van der Waals surface area contributed by atoms with Crippen molar-refractivity contribution in [2.24, 2.45) is 17.8 Å². The van der Waals surface area contributed by atoms with E-state index in [9.17, 15) is 5.11 Å². The van der Waals surface area contributed by atoms with E-state index in [1.165, 1.54) is 6.42 Å². The van der Waals surface area contributed by atoms with Crippen LogP contribution in [0.5, 0.6) is 0 Å². The molecular formula is C9H13NO. The number of fused-ring (bicyclic) bond motifs is 2. The van der Waals surface area contributed by atoms with E-state index in [4.69, 9.17) is 5.26 Å². The van der Waals surface area contributed by atoms with Crippen molar-refractivity contribution in [1.82, 2.24) is 0 Å². The molecule has 60 valence electrons. The minimum absolute atomic E-state index is 0.262. The van der Waals surface area contributed by atoms with Crippen LogP contribution >= 0.6 is 0 Å². The summed E-state index contributed by atoms with van der Waals surface area (Å²) in [7, 11) is 0. The summed E-state index contributed by atoms with van der Waals surface area (Å²) < 4.78 is 0. The first-order chi connectivity index (χ1) is 5.15. The molecule has 0 unspecified atom stereocenters. The van der Waals surface area contributed by atoms with E-state index in [0.717, 1.165) is 12.8 Å². The van der Waals surface area contributed by atoms with Gasteiger partial charge in [0, 0.05) is 5.92 Å². The molecule has 0 amide bonds. The largest absolute Gasteiger partial charge is 0.375 e. The Kier molecular flexibility index (Phi) is 1.28. The molecule has 2 aliphatic rings. The van der Waals surface area contributed by atoms with Crippen LogP contribution < -0.4 is 0 Å². The second kappa shape index (κ2) is 1.98. The van der Waals surface area contributed by atoms with Gasteiger partial charge in [0.05, 0.1) is 6.07 Å². The van der Waals surface area contributed by atoms with Crippen LogP contribution in [0.3, 0.4) is 0 Å². The third-order valence-corrected chi connectivity index (χ3v) is 3.39. The molecule has 0 saturated heterocycles. The Morgan fingerprint density at radius 1 is 1.55 bits per heavy atom. The Hall–Kier alpha value is -0.550. The maximum Gasteiger partial charge on any atom is 0.154 e. The van der Waals surface area contributed by atoms with Crippen LogP contribution in [0.15, 0.2) is 0 Å². The summed E-state index contributed by atoms with van der Waals surface area (Å²) in [5, 5.41) is 18.6. The Balaban J connectivity index is 2.26. The first-order valence-corrected chi connectivity index (χ1v) is 4.29. The highest BCUT2D eigenvalue weighted by molar-refractivity contribution is 5.14. The van der Waals surface area contributed by atoms with Crippen LogP contribution in [0.1, 0.15) is 26.2 Å². The van der Waals surface area contributed by atoms with E-state index in [0.29, 0.717) is 11.8 Å². The fraction of sp³-hybridized carbons (Fsp3) is 0.889. The average Bonchev–Trinajstić information content (AvgIpc) is 2.44. The third-order valence-electron chi connectivity index (χ3n) is 3.39. The van der Waals surface area contributed by atoms with Crippen molar-refractivity contribution in [3.63, 3.8) is 0 Å². The summed E-state index contributed by atoms with van der Waals surface area (Å²) in [6.45, 7) is 2.14. The summed E-state index contributed by atoms with van der Waals surface area (Å²) >= 11 is 0. The number of hydrogen-bond acceptors (Lipinski definition) is 2. The van der Waals surface area contributed by atoms with Crippen LogP contribution in [0.4, 0.5) is 0 Å². The van der Waals surface area contributed by atoms with E-state index in [1.807, 2.05) is 0 Å². The maximum absolute atomic E-state index is 9.80. The van der Waals surface area contributed by atoms with Crippen LogP contribution in [-0.2, 0) is 0 Å². The van der Waals surface area contributed by atoms with Gasteiger partial charge in [-0.3, -0.25) is 0 Å². The van der Waals surface area contributed by atoms with E-state index in [2.05, 4.69) is 13.0 Å². The van der Waals surface area contributed by atoms with Gasteiger partial charge in [-0.25, -0.2) is 0 Å². The molecule has 4 atom stereocenters. The van der Waals surface area contributed by atoms with Crippen LogP contribution in [0.2, 0.25) is 0 Å². The zero-order valence-electron chi connectivity index (χ0n) is 6.75. The van der Waals surface area contributed by atoms with Gasteiger partial charge in [-0.1, -0.05) is 6.92 Å². The average molecular weight is 151 g/mol. The van der Waals surface area contributed by atoms with Crippen molar-refractivity contribution in [1.29, 1.82) is 5.26 Å². The molecule has 2 fully saturated rings. The number of nitriles is 1. The molecule has 2 saturated carbocycles. The fourth-order valence-electron chi connectivity index (χ4n) is 2.93. The van der Waals surface area contributed by atoms with Crippen LogP contribution in [0, 0.1) is 29.1 Å². The summed E-state index contributed by atoms with van der Waals surface area (Å²) in [6.07, 6.45) is 3.01. The van der Waals surface area contributed by atoms with Crippen molar-refractivity contribution in [3.8, 4) is 6.07 Å². The first kappa shape index (κ1) is 7.12. The zero-order chi connectivity index (χ0) is 8.06. The summed E-state index contributed by atoms with van der Waals surface area (Å²) in [6, 6.07) is 2.06. The lowest BCUT2D eigenvalue weighted by molar-refractivity contribution is 0.0193. The summed E-state index contributed by atoms with van der Waals surface area (Å²) in [5.74, 6) is 1.44. The lowest BCUT2D eigenvalue weighted by atomic mass is 9.79. The second-order valence-corrected chi connectivity index (χ2v) is 4.16. The van der Waals surface area contributed by atoms with Crippen molar-refractivity contribution in [2.75, 3.05) is 0 Å². The molecular weight excluding hydrogens is 138 g/mol. The lowest BCUT2D eigenvalue weighted by Gasteiger charge is -2.29. The van der Waals surface area contributed by atoms with Gasteiger partial charge in [0.15, 0.2) is 5.60 Å². The molecule has 2 aliphatic carbocycles. The fourth-order valence-corrected chi connectivity index (χ4v) is 2.93. The molecule has 0 aromatic rings. The predicted molar refractivity (Wildman–Crippen MR) is 40.6 cm³/mol. The minimum atomic E-state index is -0.970. The van der Waals surface area contributed by atoms with Crippen molar-refractivity contribution >= 4 is 0 Å². The van der Waals surface area contributed by atoms with Gasteiger partial charge in [0.25, 0.3) is 0 Å². The number of aliphatic hydroxyl groups is 1. The van der Waals surface area contributed by atoms with Crippen LogP contribution in [0.25, 0.3) is 0 Å². The second-order valence-electron chi connectivity index (χ2n) is 4.16. The third kappa shape index (κ3) is 0.810. The van der Waals surface area contributed by atoms with Gasteiger partial charge in [0.2, 0.25) is 0 Å². The molecule has 2 rings (SSSR count). The highest BCUT2D eigenvalue weighted by Crippen LogP contribution is 2.53. The Bertz CT molecular complexity index is 220. The standard InChI is InChI=1S/C9H13NO/c1-6-2-7-3-8(6)9(11,4-7)5-10/h6-8,11H,2-4H2,1H3/t6-,7-,8-,9+/m0/s1. The molecule has 1 N–H and O–H groups in total. The maximum atomic E-state index is 9.80. The Morgan fingerprint density at radius 2 is 2.27 bits per heavy atom. The topological polar surface area (TPSA) is 44.0 Å². The number of hydrogen-bond donors (Lipinski definition) is 1. The zero-order valence-corrected chi connectivity index (χ0v) is 6.75. The van der Waals surface area contributed by atoms with E-state index < -0.39 is 5.60 Å². The van der Waals surface area contributed by atoms with Gasteiger partial charge < -0.3 is 5.11 Å². The monoisotopic (exact) mass is 151 g/mol. The molecule has 11 heavy (non-hydrogen) atoms. The summed E-state index contributed by atoms with van der Waals surface area (Å²) in [4.78, 5) is 0. The number of rotatable bonds is 0. The minimum Gasteiger partial charge on any atom is -0.375 e. The molecule has 0 heterocycles. The quantitative estimate of drug-likeness (QED) is 0.530. The van der Waals surface area contributed by atoms with Gasteiger partial charge in [-0.15, -0.1) is 0 Å². The molecule has 0 aromatic carbocycles. The predicted octanol–water partition coefficient (Wildman–Crippen LogP) is 1.31. The summed E-state index contributed by atoms with van der Waals surface area (Å²) in [5.41, 5.74) is -0.970. The van der Waals surface area contributed by atoms with Crippen LogP contribution in [-0.4, -0.2) is 10.7 Å². The molecule has 0 spiro atoms. The molecule has 2 nitrogen and oxygen atoms in total. The Labute approximate surface area is 66.8 Å². The highest BCUT2D eigenvalue weighted by atomic mass is 16.3. The normalized spacial score (nSPS) is 54.5. The van der Waals surface area contributed by atoms with E-state index in [-0.39, 0.29) is 5.92 Å². The SMILES string of the molecule is C[C@H]1C[C@H]2C[C@@H]1[C@](O)(C#N)C2.